The van der Waals surface area contributed by atoms with Gasteiger partial charge in [-0.25, -0.2) is 0 Å². The van der Waals surface area contributed by atoms with Gasteiger partial charge in [0.2, 0.25) is 0 Å². The maximum Gasteiger partial charge on any atom is 0.309 e. The number of carboxylic acids is 1. The van der Waals surface area contributed by atoms with E-state index in [0.29, 0.717) is 25.7 Å². The summed E-state index contributed by atoms with van der Waals surface area (Å²) >= 11 is 0. The third kappa shape index (κ3) is 1.43. The number of aliphatic carboxylic acids is 1. The van der Waals surface area contributed by atoms with Gasteiger partial charge in [0.25, 0.3) is 0 Å². The fourth-order valence-electron chi connectivity index (χ4n) is 5.14. The van der Waals surface area contributed by atoms with Crippen LogP contribution in [0.5, 0.6) is 0 Å². The monoisotopic (exact) mass is 258 g/mol. The average molecular weight is 258 g/mol. The van der Waals surface area contributed by atoms with E-state index in [1.54, 1.807) is 0 Å². The molecule has 0 spiro atoms. The quantitative estimate of drug-likeness (QED) is 0.846. The van der Waals surface area contributed by atoms with Gasteiger partial charge in [-0.3, -0.25) is 4.79 Å². The predicted octanol–water partition coefficient (Wildman–Crippen LogP) is 3.08. The topological polar surface area (TPSA) is 46.5 Å². The van der Waals surface area contributed by atoms with E-state index in [1.165, 1.54) is 0 Å². The maximum absolute atomic E-state index is 12.0. The van der Waals surface area contributed by atoms with Crippen molar-refractivity contribution >= 4 is 5.97 Å². The lowest BCUT2D eigenvalue weighted by molar-refractivity contribution is -0.212. The summed E-state index contributed by atoms with van der Waals surface area (Å²) in [5.74, 6) is -0.815. The summed E-state index contributed by atoms with van der Waals surface area (Å²) in [6, 6.07) is 0. The molecule has 3 nitrogen and oxygen atoms in total. The summed E-state index contributed by atoms with van der Waals surface area (Å²) in [6.45, 7) is -5.73. The molecule has 4 bridgehead atoms. The molecule has 4 rings (SSSR count). The highest BCUT2D eigenvalue weighted by Crippen LogP contribution is 2.68. The van der Waals surface area contributed by atoms with Crippen LogP contribution < -0.4 is 0 Å². The van der Waals surface area contributed by atoms with Gasteiger partial charge in [0.1, 0.15) is 0 Å². The van der Waals surface area contributed by atoms with E-state index >= 15 is 0 Å². The van der Waals surface area contributed by atoms with Gasteiger partial charge in [-0.1, -0.05) is 0 Å². The van der Waals surface area contributed by atoms with Crippen LogP contribution >= 0.6 is 0 Å². The average Bonchev–Trinajstić information content (AvgIpc) is 2.33. The van der Waals surface area contributed by atoms with Crippen molar-refractivity contribution in [3.8, 4) is 0 Å². The SMILES string of the molecule is [2H]C([2H])([2H])C(OC)(C([2H])([2H])[2H])C12C[C@@H]3C[C@@H](CC(C(=O)O)(C3)C1)C2. The van der Waals surface area contributed by atoms with Gasteiger partial charge in [0.15, 0.2) is 0 Å². The highest BCUT2D eigenvalue weighted by atomic mass is 16.5. The Kier molecular flexibility index (Phi) is 1.41. The van der Waals surface area contributed by atoms with Crippen LogP contribution in [-0.4, -0.2) is 23.8 Å². The fourth-order valence-corrected chi connectivity index (χ4v) is 5.14. The van der Waals surface area contributed by atoms with Gasteiger partial charge in [-0.05, 0) is 64.1 Å². The summed E-state index contributed by atoms with van der Waals surface area (Å²) in [5.41, 5.74) is -4.49. The lowest BCUT2D eigenvalue weighted by Crippen LogP contribution is -2.61. The van der Waals surface area contributed by atoms with Crippen LogP contribution in [0.4, 0.5) is 0 Å². The molecule has 0 aliphatic heterocycles. The lowest BCUT2D eigenvalue weighted by Gasteiger charge is -2.64. The van der Waals surface area contributed by atoms with Crippen molar-refractivity contribution in [2.45, 2.75) is 57.8 Å². The molecular formula is C15H24O3. The third-order valence-corrected chi connectivity index (χ3v) is 5.57. The van der Waals surface area contributed by atoms with Gasteiger partial charge in [0, 0.05) is 20.7 Å². The van der Waals surface area contributed by atoms with Crippen LogP contribution in [0.2, 0.25) is 0 Å². The molecule has 4 aliphatic rings. The highest BCUT2D eigenvalue weighted by Gasteiger charge is 2.64. The van der Waals surface area contributed by atoms with Gasteiger partial charge >= 0.3 is 5.97 Å². The highest BCUT2D eigenvalue weighted by molar-refractivity contribution is 5.75. The number of carbonyl (C=O) groups is 1. The Labute approximate surface area is 117 Å². The maximum atomic E-state index is 12.0. The van der Waals surface area contributed by atoms with Crippen LogP contribution in [-0.2, 0) is 9.53 Å². The zero-order valence-corrected chi connectivity index (χ0v) is 10.7. The molecule has 1 N–H and O–H groups in total. The zero-order valence-electron chi connectivity index (χ0n) is 16.7. The summed E-state index contributed by atoms with van der Waals surface area (Å²) < 4.78 is 53.4. The first kappa shape index (κ1) is 7.28. The summed E-state index contributed by atoms with van der Waals surface area (Å²) in [6.07, 6.45) is 2.81. The first-order chi connectivity index (χ1) is 10.8. The number of hydrogen-bond donors (Lipinski definition) is 1. The molecule has 0 aromatic heterocycles. The standard InChI is InChI=1S/C15H24O3/c1-13(2,18-3)15-7-10-4-11(8-15)6-14(5-10,9-15)12(16)17/h10-11H,4-9H2,1-3H3,(H,16,17)/t10-,11+,14?,15?/i1D3,2D3. The smallest absolute Gasteiger partial charge is 0.309 e. The molecule has 4 atom stereocenters. The first-order valence-corrected chi connectivity index (χ1v) is 6.61. The fraction of sp³-hybridized carbons (Fsp3) is 0.933. The molecule has 0 saturated heterocycles. The number of ether oxygens (including phenoxy) is 1. The van der Waals surface area contributed by atoms with Gasteiger partial charge in [-0.2, -0.15) is 0 Å². The van der Waals surface area contributed by atoms with Crippen LogP contribution in [0.3, 0.4) is 0 Å². The molecule has 18 heavy (non-hydrogen) atoms. The number of carboxylic acid groups (broad SMARTS) is 1. The van der Waals surface area contributed by atoms with E-state index in [9.17, 15) is 9.90 Å². The Balaban J connectivity index is 2.20. The van der Waals surface area contributed by atoms with Gasteiger partial charge < -0.3 is 9.84 Å². The van der Waals surface area contributed by atoms with Crippen LogP contribution in [0, 0.1) is 22.7 Å². The summed E-state index contributed by atoms with van der Waals surface area (Å²) in [5, 5.41) is 9.82. The van der Waals surface area contributed by atoms with Crippen LogP contribution in [0.25, 0.3) is 0 Å². The lowest BCUT2D eigenvalue weighted by atomic mass is 9.41. The van der Waals surface area contributed by atoms with E-state index in [1.807, 2.05) is 0 Å². The Bertz CT molecular complexity index is 524. The second-order valence-corrected chi connectivity index (χ2v) is 6.71. The van der Waals surface area contributed by atoms with Gasteiger partial charge in [0.05, 0.1) is 11.0 Å². The molecule has 0 radical (unpaired) electrons. The summed E-state index contributed by atoms with van der Waals surface area (Å²) in [7, 11) is 1.14. The molecule has 4 fully saturated rings. The second-order valence-electron chi connectivity index (χ2n) is 6.71. The molecule has 102 valence electrons. The largest absolute Gasteiger partial charge is 0.481 e. The third-order valence-electron chi connectivity index (χ3n) is 5.57. The molecule has 0 aromatic carbocycles. The van der Waals surface area contributed by atoms with E-state index in [2.05, 4.69) is 0 Å². The summed E-state index contributed by atoms with van der Waals surface area (Å²) in [4.78, 5) is 12.0. The molecule has 0 aromatic rings. The van der Waals surface area contributed by atoms with E-state index in [-0.39, 0.29) is 18.3 Å². The molecule has 0 heterocycles. The van der Waals surface area contributed by atoms with E-state index in [0.717, 1.165) is 13.5 Å². The minimum absolute atomic E-state index is 0.0570. The van der Waals surface area contributed by atoms with Crippen molar-refractivity contribution in [2.75, 3.05) is 7.11 Å². The second kappa shape index (κ2) is 3.50. The minimum Gasteiger partial charge on any atom is -0.481 e. The van der Waals surface area contributed by atoms with Crippen molar-refractivity contribution < 1.29 is 22.9 Å². The molecule has 4 aliphatic carbocycles. The Morgan fingerprint density at radius 1 is 1.33 bits per heavy atom. The predicted molar refractivity (Wildman–Crippen MR) is 68.3 cm³/mol. The number of methoxy groups -OCH3 is 1. The Hall–Kier alpha value is -0.570. The van der Waals surface area contributed by atoms with Crippen molar-refractivity contribution in [2.24, 2.45) is 22.7 Å². The molecule has 0 amide bonds. The normalized spacial score (nSPS) is 52.7. The van der Waals surface area contributed by atoms with E-state index in [4.69, 9.17) is 13.0 Å². The van der Waals surface area contributed by atoms with Crippen molar-refractivity contribution in [1.82, 2.24) is 0 Å². The van der Waals surface area contributed by atoms with Crippen molar-refractivity contribution in [1.29, 1.82) is 0 Å². The van der Waals surface area contributed by atoms with Crippen LogP contribution in [0.1, 0.15) is 60.5 Å². The van der Waals surface area contributed by atoms with Gasteiger partial charge in [-0.15, -0.1) is 0 Å². The van der Waals surface area contributed by atoms with Crippen LogP contribution in [0.15, 0.2) is 0 Å². The Morgan fingerprint density at radius 2 is 1.94 bits per heavy atom. The molecule has 3 heteroatoms. The Morgan fingerprint density at radius 3 is 2.39 bits per heavy atom. The molecule has 4 saturated carbocycles. The zero-order chi connectivity index (χ0) is 18.2. The first-order valence-electron chi connectivity index (χ1n) is 9.61. The van der Waals surface area contributed by atoms with Crippen molar-refractivity contribution in [3.05, 3.63) is 0 Å². The number of rotatable bonds is 3. The molecular weight excluding hydrogens is 228 g/mol. The van der Waals surface area contributed by atoms with Crippen molar-refractivity contribution in [3.63, 3.8) is 0 Å². The minimum atomic E-state index is -2.86. The van der Waals surface area contributed by atoms with E-state index < -0.39 is 36.1 Å². The number of hydrogen-bond acceptors (Lipinski definition) is 2. The molecule has 2 unspecified atom stereocenters.